The molecule has 0 N–H and O–H groups in total. The van der Waals surface area contributed by atoms with Crippen LogP contribution in [0, 0.1) is 16.0 Å². The second-order valence-electron chi connectivity index (χ2n) is 5.98. The first-order valence-corrected chi connectivity index (χ1v) is 8.08. The van der Waals surface area contributed by atoms with E-state index in [0.29, 0.717) is 31.9 Å². The summed E-state index contributed by atoms with van der Waals surface area (Å²) in [5.41, 5.74) is 0.645. The van der Waals surface area contributed by atoms with Crippen molar-refractivity contribution in [2.45, 2.75) is 19.1 Å². The van der Waals surface area contributed by atoms with E-state index in [4.69, 9.17) is 9.47 Å². The van der Waals surface area contributed by atoms with Crippen LogP contribution in [0.5, 0.6) is 0 Å². The molecule has 24 heavy (non-hydrogen) atoms. The van der Waals surface area contributed by atoms with Crippen LogP contribution in [0.3, 0.4) is 0 Å². The number of rotatable bonds is 4. The number of nitro benzene ring substituents is 1. The lowest BCUT2D eigenvalue weighted by Gasteiger charge is -2.34. The maximum absolute atomic E-state index is 12.4. The monoisotopic (exact) mass is 332 g/mol. The van der Waals surface area contributed by atoms with Gasteiger partial charge in [0, 0.05) is 37.2 Å². The first-order valence-electron chi connectivity index (χ1n) is 8.08. The molecule has 0 aliphatic carbocycles. The lowest BCUT2D eigenvalue weighted by molar-refractivity contribution is -0.384. The van der Waals surface area contributed by atoms with E-state index in [0.717, 1.165) is 12.8 Å². The Labute approximate surface area is 140 Å². The van der Waals surface area contributed by atoms with Crippen molar-refractivity contribution in [3.05, 3.63) is 46.0 Å². The number of amides is 1. The van der Waals surface area contributed by atoms with Crippen molar-refractivity contribution in [1.82, 2.24) is 4.90 Å². The lowest BCUT2D eigenvalue weighted by Crippen LogP contribution is -2.43. The number of nitrogens with zero attached hydrogens (tertiary/aromatic N) is 2. The molecular formula is C17H20N2O5. The smallest absolute Gasteiger partial charge is 0.270 e. The van der Waals surface area contributed by atoms with Gasteiger partial charge in [0.05, 0.1) is 18.1 Å². The number of likely N-dealkylation sites (tertiary alicyclic amines) is 1. The first kappa shape index (κ1) is 16.6. The standard InChI is InChI=1S/C17H20N2O5/c20-16(7-6-13-3-1-5-15(11-13)19(21)22)18-8-2-4-14(12-18)17-23-9-10-24-17/h1,3,5-7,11,14,17H,2,4,8-10,12H2/b7-6-/t14-/m1/s1. The largest absolute Gasteiger partial charge is 0.350 e. The Bertz CT molecular complexity index is 640. The number of benzene rings is 1. The Morgan fingerprint density at radius 2 is 2.12 bits per heavy atom. The van der Waals surface area contributed by atoms with Crippen molar-refractivity contribution in [2.75, 3.05) is 26.3 Å². The minimum absolute atomic E-state index is 0.0122. The fraction of sp³-hybridized carbons (Fsp3) is 0.471. The zero-order valence-electron chi connectivity index (χ0n) is 13.3. The van der Waals surface area contributed by atoms with E-state index in [1.807, 2.05) is 0 Å². The summed E-state index contributed by atoms with van der Waals surface area (Å²) in [7, 11) is 0. The molecule has 0 bridgehead atoms. The molecule has 0 spiro atoms. The molecule has 7 nitrogen and oxygen atoms in total. The van der Waals surface area contributed by atoms with E-state index < -0.39 is 4.92 Å². The van der Waals surface area contributed by atoms with Gasteiger partial charge in [-0.05, 0) is 24.5 Å². The number of nitro groups is 1. The van der Waals surface area contributed by atoms with Gasteiger partial charge in [-0.15, -0.1) is 0 Å². The molecular weight excluding hydrogens is 312 g/mol. The third kappa shape index (κ3) is 3.98. The number of carbonyl (C=O) groups is 1. The minimum atomic E-state index is -0.448. The highest BCUT2D eigenvalue weighted by Crippen LogP contribution is 2.25. The first-order chi connectivity index (χ1) is 11.6. The quantitative estimate of drug-likeness (QED) is 0.480. The number of piperidine rings is 1. The van der Waals surface area contributed by atoms with Crippen LogP contribution in [-0.4, -0.2) is 48.3 Å². The van der Waals surface area contributed by atoms with Gasteiger partial charge >= 0.3 is 0 Å². The van der Waals surface area contributed by atoms with Gasteiger partial charge < -0.3 is 14.4 Å². The van der Waals surface area contributed by atoms with E-state index in [1.54, 1.807) is 23.1 Å². The number of non-ortho nitro benzene ring substituents is 1. The number of hydrogen-bond donors (Lipinski definition) is 0. The van der Waals surface area contributed by atoms with Crippen LogP contribution in [0.4, 0.5) is 5.69 Å². The average molecular weight is 332 g/mol. The fourth-order valence-electron chi connectivity index (χ4n) is 3.10. The molecule has 0 unspecified atom stereocenters. The van der Waals surface area contributed by atoms with Crippen LogP contribution in [0.1, 0.15) is 18.4 Å². The Kier molecular flexibility index (Phi) is 5.22. The summed E-state index contributed by atoms with van der Waals surface area (Å²) in [6, 6.07) is 6.21. The van der Waals surface area contributed by atoms with Gasteiger partial charge in [0.1, 0.15) is 0 Å². The molecule has 1 amide bonds. The molecule has 2 fully saturated rings. The molecule has 3 rings (SSSR count). The number of ether oxygens (including phenoxy) is 2. The van der Waals surface area contributed by atoms with E-state index in [-0.39, 0.29) is 23.8 Å². The Morgan fingerprint density at radius 3 is 2.88 bits per heavy atom. The summed E-state index contributed by atoms with van der Waals surface area (Å²) < 4.78 is 11.1. The zero-order chi connectivity index (χ0) is 16.9. The Balaban J connectivity index is 1.61. The SMILES string of the molecule is O=C(/C=C\c1cccc([N+](=O)[O-])c1)N1CCC[C@@H](C2OCCO2)C1. The van der Waals surface area contributed by atoms with Crippen LogP contribution >= 0.6 is 0 Å². The van der Waals surface area contributed by atoms with Crippen LogP contribution in [-0.2, 0) is 14.3 Å². The molecule has 0 aromatic heterocycles. The summed E-state index contributed by atoms with van der Waals surface area (Å²) >= 11 is 0. The van der Waals surface area contributed by atoms with Gasteiger partial charge in [-0.2, -0.15) is 0 Å². The Hall–Kier alpha value is -2.25. The molecule has 2 saturated heterocycles. The summed E-state index contributed by atoms with van der Waals surface area (Å²) in [5.74, 6) is 0.112. The maximum Gasteiger partial charge on any atom is 0.270 e. The average Bonchev–Trinajstić information content (AvgIpc) is 3.15. The molecule has 2 heterocycles. The van der Waals surface area contributed by atoms with Crippen LogP contribution in [0.25, 0.3) is 6.08 Å². The van der Waals surface area contributed by atoms with Crippen LogP contribution < -0.4 is 0 Å². The van der Waals surface area contributed by atoms with Crippen molar-refractivity contribution in [2.24, 2.45) is 5.92 Å². The summed E-state index contributed by atoms with van der Waals surface area (Å²) in [6.07, 6.45) is 4.79. The lowest BCUT2D eigenvalue weighted by atomic mass is 9.97. The molecule has 0 saturated carbocycles. The summed E-state index contributed by atoms with van der Waals surface area (Å²) in [5, 5.41) is 10.8. The van der Waals surface area contributed by atoms with Gasteiger partial charge in [0.25, 0.3) is 5.69 Å². The normalized spacial score (nSPS) is 22.2. The van der Waals surface area contributed by atoms with E-state index in [1.165, 1.54) is 18.2 Å². The maximum atomic E-state index is 12.4. The van der Waals surface area contributed by atoms with Gasteiger partial charge in [-0.3, -0.25) is 14.9 Å². The molecule has 128 valence electrons. The third-order valence-electron chi connectivity index (χ3n) is 4.30. The Morgan fingerprint density at radius 1 is 1.33 bits per heavy atom. The van der Waals surface area contributed by atoms with Crippen molar-refractivity contribution in [1.29, 1.82) is 0 Å². The van der Waals surface area contributed by atoms with Gasteiger partial charge in [-0.1, -0.05) is 12.1 Å². The fourth-order valence-corrected chi connectivity index (χ4v) is 3.10. The highest BCUT2D eigenvalue weighted by Gasteiger charge is 2.32. The highest BCUT2D eigenvalue weighted by molar-refractivity contribution is 5.91. The molecule has 2 aliphatic rings. The predicted molar refractivity (Wildman–Crippen MR) is 87.1 cm³/mol. The van der Waals surface area contributed by atoms with Gasteiger partial charge in [-0.25, -0.2) is 0 Å². The van der Waals surface area contributed by atoms with Gasteiger partial charge in [0.2, 0.25) is 5.91 Å². The van der Waals surface area contributed by atoms with Crippen LogP contribution in [0.15, 0.2) is 30.3 Å². The van der Waals surface area contributed by atoms with Crippen LogP contribution in [0.2, 0.25) is 0 Å². The summed E-state index contributed by atoms with van der Waals surface area (Å²) in [6.45, 7) is 2.55. The third-order valence-corrected chi connectivity index (χ3v) is 4.30. The van der Waals surface area contributed by atoms with E-state index in [9.17, 15) is 14.9 Å². The molecule has 1 aromatic carbocycles. The second kappa shape index (κ2) is 7.55. The number of carbonyl (C=O) groups excluding carboxylic acids is 1. The zero-order valence-corrected chi connectivity index (χ0v) is 13.3. The molecule has 7 heteroatoms. The second-order valence-corrected chi connectivity index (χ2v) is 5.98. The highest BCUT2D eigenvalue weighted by atomic mass is 16.7. The molecule has 1 atom stereocenters. The number of hydrogen-bond acceptors (Lipinski definition) is 5. The van der Waals surface area contributed by atoms with Crippen molar-refractivity contribution >= 4 is 17.7 Å². The van der Waals surface area contributed by atoms with E-state index >= 15 is 0 Å². The molecule has 2 aliphatic heterocycles. The predicted octanol–water partition coefficient (Wildman–Crippen LogP) is 2.22. The minimum Gasteiger partial charge on any atom is -0.350 e. The molecule has 1 aromatic rings. The molecule has 0 radical (unpaired) electrons. The van der Waals surface area contributed by atoms with E-state index in [2.05, 4.69) is 0 Å². The van der Waals surface area contributed by atoms with Crippen molar-refractivity contribution in [3.8, 4) is 0 Å². The van der Waals surface area contributed by atoms with Gasteiger partial charge in [0.15, 0.2) is 6.29 Å². The van der Waals surface area contributed by atoms with Crippen molar-refractivity contribution in [3.63, 3.8) is 0 Å². The summed E-state index contributed by atoms with van der Waals surface area (Å²) in [4.78, 5) is 24.5. The van der Waals surface area contributed by atoms with Crippen molar-refractivity contribution < 1.29 is 19.2 Å². The topological polar surface area (TPSA) is 81.9 Å².